The van der Waals surface area contributed by atoms with Crippen LogP contribution in [-0.2, 0) is 0 Å². The van der Waals surface area contributed by atoms with Crippen LogP contribution >= 0.6 is 0 Å². The van der Waals surface area contributed by atoms with Crippen molar-refractivity contribution in [3.8, 4) is 0 Å². The third-order valence-corrected chi connectivity index (χ3v) is 4.43. The van der Waals surface area contributed by atoms with Gasteiger partial charge in [0.15, 0.2) is 0 Å². The minimum atomic E-state index is 0.350. The van der Waals surface area contributed by atoms with Crippen molar-refractivity contribution >= 4 is 41.2 Å². The first-order chi connectivity index (χ1) is 13.4. The normalized spacial score (nSPS) is 12.2. The highest BCUT2D eigenvalue weighted by atomic mass is 16.4. The molecule has 1 aliphatic rings. The van der Waals surface area contributed by atoms with Gasteiger partial charge < -0.3 is 9.73 Å². The summed E-state index contributed by atoms with van der Waals surface area (Å²) in [5, 5.41) is 11.6. The molecular formula is C22H16N4O. The summed E-state index contributed by atoms with van der Waals surface area (Å²) in [5.74, 6) is 0. The van der Waals surface area contributed by atoms with Crippen LogP contribution in [0.2, 0.25) is 0 Å². The van der Waals surface area contributed by atoms with Crippen LogP contribution in [0.3, 0.4) is 0 Å². The number of anilines is 5. The van der Waals surface area contributed by atoms with Gasteiger partial charge in [-0.2, -0.15) is 0 Å². The van der Waals surface area contributed by atoms with Crippen molar-refractivity contribution in [2.24, 2.45) is 0 Å². The maximum atomic E-state index is 5.96. The van der Waals surface area contributed by atoms with E-state index in [-0.39, 0.29) is 0 Å². The third-order valence-electron chi connectivity index (χ3n) is 4.43. The molecule has 0 saturated heterocycles. The van der Waals surface area contributed by atoms with Gasteiger partial charge in [0, 0.05) is 5.69 Å². The first-order valence-electron chi connectivity index (χ1n) is 8.70. The lowest BCUT2D eigenvalue weighted by molar-refractivity contribution is 0.578. The van der Waals surface area contributed by atoms with Crippen LogP contribution in [-0.4, -0.2) is 10.2 Å². The molecule has 130 valence electrons. The number of nitrogens with zero attached hydrogens (tertiary/aromatic N) is 3. The molecule has 0 amide bonds. The first-order valence-corrected chi connectivity index (χ1v) is 8.70. The lowest BCUT2D eigenvalue weighted by Gasteiger charge is -2.22. The number of hydrogen-bond donors (Lipinski definition) is 1. The second-order valence-electron chi connectivity index (χ2n) is 6.17. The predicted molar refractivity (Wildman–Crippen MR) is 108 cm³/mol. The number of hydrogen-bond acceptors (Lipinski definition) is 5. The van der Waals surface area contributed by atoms with Crippen molar-refractivity contribution in [3.63, 3.8) is 0 Å². The Hall–Kier alpha value is -3.86. The van der Waals surface area contributed by atoms with E-state index in [4.69, 9.17) is 4.42 Å². The summed E-state index contributed by atoms with van der Waals surface area (Å²) in [5.41, 5.74) is 5.06. The molecule has 0 aliphatic carbocycles. The molecule has 5 nitrogen and oxygen atoms in total. The van der Waals surface area contributed by atoms with Crippen molar-refractivity contribution in [1.29, 1.82) is 0 Å². The van der Waals surface area contributed by atoms with Crippen LogP contribution in [0.5, 0.6) is 0 Å². The Labute approximate surface area is 156 Å². The average molecular weight is 352 g/mol. The van der Waals surface area contributed by atoms with Crippen molar-refractivity contribution in [1.82, 2.24) is 10.2 Å². The number of benzene rings is 3. The number of fused-ring (bicyclic) bond motifs is 2. The monoisotopic (exact) mass is 352 g/mol. The molecule has 1 aliphatic heterocycles. The molecule has 4 aromatic rings. The average Bonchev–Trinajstić information content (AvgIpc) is 3.10. The highest BCUT2D eigenvalue weighted by molar-refractivity contribution is 5.91. The van der Waals surface area contributed by atoms with Gasteiger partial charge in [0.1, 0.15) is 0 Å². The van der Waals surface area contributed by atoms with Crippen molar-refractivity contribution in [2.75, 3.05) is 10.2 Å². The molecule has 0 bridgehead atoms. The minimum absolute atomic E-state index is 0.350. The second-order valence-corrected chi connectivity index (χ2v) is 6.17. The van der Waals surface area contributed by atoms with E-state index in [1.54, 1.807) is 0 Å². The van der Waals surface area contributed by atoms with Crippen LogP contribution < -0.4 is 10.2 Å². The fourth-order valence-corrected chi connectivity index (χ4v) is 3.18. The molecule has 2 heterocycles. The topological polar surface area (TPSA) is 54.2 Å². The number of aromatic nitrogens is 2. The van der Waals surface area contributed by atoms with E-state index in [0.29, 0.717) is 12.0 Å². The van der Waals surface area contributed by atoms with E-state index in [9.17, 15) is 0 Å². The summed E-state index contributed by atoms with van der Waals surface area (Å²) in [6.07, 6.45) is 4.21. The van der Waals surface area contributed by atoms with Crippen LogP contribution in [0.4, 0.5) is 29.1 Å². The molecule has 0 spiro atoms. The molecule has 0 radical (unpaired) electrons. The zero-order chi connectivity index (χ0) is 18.1. The minimum Gasteiger partial charge on any atom is -0.389 e. The van der Waals surface area contributed by atoms with Crippen molar-refractivity contribution in [2.45, 2.75) is 0 Å². The largest absolute Gasteiger partial charge is 0.389 e. The van der Waals surface area contributed by atoms with Gasteiger partial charge in [0.25, 0.3) is 0 Å². The molecule has 1 aromatic heterocycles. The molecule has 3 aromatic carbocycles. The zero-order valence-electron chi connectivity index (χ0n) is 14.4. The summed E-state index contributed by atoms with van der Waals surface area (Å²) >= 11 is 0. The molecule has 1 N–H and O–H groups in total. The Morgan fingerprint density at radius 2 is 1.26 bits per heavy atom. The highest BCUT2D eigenvalue weighted by Gasteiger charge is 2.24. The summed E-state index contributed by atoms with van der Waals surface area (Å²) in [7, 11) is 0. The van der Waals surface area contributed by atoms with E-state index in [1.807, 2.05) is 59.5 Å². The van der Waals surface area contributed by atoms with Gasteiger partial charge in [0.2, 0.25) is 0 Å². The smallest absolute Gasteiger partial charge is 0.328 e. The molecule has 5 rings (SSSR count). The third kappa shape index (κ3) is 2.85. The fourth-order valence-electron chi connectivity index (χ4n) is 3.18. The molecule has 0 saturated carbocycles. The molecule has 5 heteroatoms. The van der Waals surface area contributed by atoms with Gasteiger partial charge in [-0.3, -0.25) is 4.90 Å². The van der Waals surface area contributed by atoms with Crippen molar-refractivity contribution < 1.29 is 4.42 Å². The first kappa shape index (κ1) is 15.4. The van der Waals surface area contributed by atoms with Gasteiger partial charge in [0.05, 0.1) is 11.4 Å². The Morgan fingerprint density at radius 3 is 1.93 bits per heavy atom. The van der Waals surface area contributed by atoms with E-state index in [0.717, 1.165) is 28.2 Å². The number of nitrogens with one attached hydrogen (secondary N) is 1. The molecular weight excluding hydrogens is 336 g/mol. The van der Waals surface area contributed by atoms with E-state index < -0.39 is 0 Å². The van der Waals surface area contributed by atoms with E-state index >= 15 is 0 Å². The van der Waals surface area contributed by atoms with Gasteiger partial charge in [-0.1, -0.05) is 76.9 Å². The maximum Gasteiger partial charge on any atom is 0.328 e. The summed E-state index contributed by atoms with van der Waals surface area (Å²) in [6, 6.07) is 26.8. The van der Waals surface area contributed by atoms with Crippen LogP contribution in [0, 0.1) is 0 Å². The van der Waals surface area contributed by atoms with E-state index in [1.165, 1.54) is 0 Å². The Morgan fingerprint density at radius 1 is 0.667 bits per heavy atom. The van der Waals surface area contributed by atoms with Gasteiger partial charge in [-0.15, -0.1) is 0 Å². The number of rotatable bonds is 3. The molecule has 0 fully saturated rings. The Bertz CT molecular complexity index is 1070. The summed E-state index contributed by atoms with van der Waals surface area (Å²) in [4.78, 5) is 1.99. The second kappa shape index (κ2) is 6.46. The lowest BCUT2D eigenvalue weighted by Crippen LogP contribution is -2.12. The van der Waals surface area contributed by atoms with Gasteiger partial charge in [-0.25, -0.2) is 0 Å². The van der Waals surface area contributed by atoms with Crippen molar-refractivity contribution in [3.05, 3.63) is 90.0 Å². The zero-order valence-corrected chi connectivity index (χ0v) is 14.4. The van der Waals surface area contributed by atoms with Crippen LogP contribution in [0.25, 0.3) is 12.2 Å². The van der Waals surface area contributed by atoms with Gasteiger partial charge >= 0.3 is 12.0 Å². The lowest BCUT2D eigenvalue weighted by atomic mass is 10.1. The Balaban J connectivity index is 1.59. The van der Waals surface area contributed by atoms with Crippen LogP contribution in [0.15, 0.2) is 83.3 Å². The highest BCUT2D eigenvalue weighted by Crippen LogP contribution is 2.41. The fraction of sp³-hybridized carbons (Fsp3) is 0. The summed E-state index contributed by atoms with van der Waals surface area (Å²) in [6.45, 7) is 0. The molecule has 0 unspecified atom stereocenters. The maximum absolute atomic E-state index is 5.96. The standard InChI is InChI=1S/C22H16N4O/c1-2-10-18(11-3-1)23-21-24-25-22(27-21)26-19-12-6-4-8-16(19)14-15-17-9-5-7-13-20(17)26/h1-15H,(H,23,24). The molecule has 27 heavy (non-hydrogen) atoms. The SMILES string of the molecule is C1=Cc2ccccc2N(c2nnc(Nc3ccccc3)o2)c2ccccc21. The Kier molecular flexibility index (Phi) is 3.68. The quantitative estimate of drug-likeness (QED) is 0.447. The number of para-hydroxylation sites is 3. The predicted octanol–water partition coefficient (Wildman–Crippen LogP) is 5.77. The van der Waals surface area contributed by atoms with E-state index in [2.05, 4.69) is 51.9 Å². The molecule has 0 atom stereocenters. The summed E-state index contributed by atoms with van der Waals surface area (Å²) < 4.78 is 5.96. The van der Waals surface area contributed by atoms with Gasteiger partial charge in [-0.05, 0) is 35.4 Å². The van der Waals surface area contributed by atoms with Crippen LogP contribution in [0.1, 0.15) is 11.1 Å².